The van der Waals surface area contributed by atoms with Crippen LogP contribution in [0, 0.1) is 0 Å². The summed E-state index contributed by atoms with van der Waals surface area (Å²) >= 11 is 1.85. The molecule has 120 valence electrons. The molecule has 0 spiro atoms. The molecule has 0 radical (unpaired) electrons. The SMILES string of the molecule is C=NC(=NC)n1c2ccccc2c2c3sc4ccccc4c3ccc21. The van der Waals surface area contributed by atoms with E-state index in [4.69, 9.17) is 0 Å². The molecule has 2 heterocycles. The number of aromatic nitrogens is 1. The van der Waals surface area contributed by atoms with Gasteiger partial charge in [-0.15, -0.1) is 11.3 Å². The Labute approximate surface area is 148 Å². The number of nitrogens with zero attached hydrogens (tertiary/aromatic N) is 3. The predicted octanol–water partition coefficient (Wildman–Crippen LogP) is 5.70. The quantitative estimate of drug-likeness (QED) is 0.255. The van der Waals surface area contributed by atoms with E-state index in [0.29, 0.717) is 5.96 Å². The summed E-state index contributed by atoms with van der Waals surface area (Å²) in [5.74, 6) is 0.617. The van der Waals surface area contributed by atoms with Crippen molar-refractivity contribution < 1.29 is 0 Å². The first-order valence-corrected chi connectivity index (χ1v) is 8.92. The maximum atomic E-state index is 4.33. The first-order chi connectivity index (χ1) is 12.3. The van der Waals surface area contributed by atoms with Crippen LogP contribution in [0.2, 0.25) is 0 Å². The zero-order valence-electron chi connectivity index (χ0n) is 13.7. The van der Waals surface area contributed by atoms with Crippen molar-refractivity contribution >= 4 is 66.0 Å². The van der Waals surface area contributed by atoms with Crippen molar-refractivity contribution in [2.45, 2.75) is 0 Å². The van der Waals surface area contributed by atoms with Crippen LogP contribution in [0.15, 0.2) is 70.6 Å². The number of thiophene rings is 1. The highest BCUT2D eigenvalue weighted by molar-refractivity contribution is 7.26. The molecule has 0 saturated carbocycles. The minimum Gasteiger partial charge on any atom is -0.278 e. The summed E-state index contributed by atoms with van der Waals surface area (Å²) in [5.41, 5.74) is 2.23. The molecule has 3 nitrogen and oxygen atoms in total. The van der Waals surface area contributed by atoms with E-state index in [1.807, 2.05) is 11.3 Å². The number of hydrogen-bond acceptors (Lipinski definition) is 2. The second-order valence-corrected chi connectivity index (χ2v) is 7.02. The molecule has 0 unspecified atom stereocenters. The standard InChI is InChI=1S/C21H15N3S/c1-22-21(23-2)24-16-9-5-3-8-15(16)19-17(24)12-11-14-13-7-4-6-10-18(13)25-20(14)19/h3-12H,1H2,2H3. The van der Waals surface area contributed by atoms with Crippen molar-refractivity contribution in [3.63, 3.8) is 0 Å². The highest BCUT2D eigenvalue weighted by Gasteiger charge is 2.17. The number of hydrogen-bond donors (Lipinski definition) is 0. The fraction of sp³-hybridized carbons (Fsp3) is 0.0476. The van der Waals surface area contributed by atoms with Crippen molar-refractivity contribution in [1.82, 2.24) is 4.57 Å². The zero-order chi connectivity index (χ0) is 17.0. The lowest BCUT2D eigenvalue weighted by Gasteiger charge is -2.05. The Morgan fingerprint density at radius 1 is 0.880 bits per heavy atom. The number of aliphatic imine (C=N–C) groups is 2. The van der Waals surface area contributed by atoms with Crippen molar-refractivity contribution in [2.75, 3.05) is 7.05 Å². The molecular formula is C21H15N3S. The maximum Gasteiger partial charge on any atom is 0.229 e. The average Bonchev–Trinajstić information content (AvgIpc) is 3.19. The van der Waals surface area contributed by atoms with Crippen LogP contribution >= 0.6 is 11.3 Å². The van der Waals surface area contributed by atoms with Crippen LogP contribution < -0.4 is 0 Å². The van der Waals surface area contributed by atoms with E-state index < -0.39 is 0 Å². The van der Waals surface area contributed by atoms with Crippen LogP contribution in [0.5, 0.6) is 0 Å². The molecule has 0 aliphatic rings. The minimum absolute atomic E-state index is 0.617. The zero-order valence-corrected chi connectivity index (χ0v) is 14.5. The Kier molecular flexibility index (Phi) is 3.02. The lowest BCUT2D eigenvalue weighted by Crippen LogP contribution is -2.07. The van der Waals surface area contributed by atoms with E-state index in [9.17, 15) is 0 Å². The Balaban J connectivity index is 2.09. The Hall–Kier alpha value is -2.98. The van der Waals surface area contributed by atoms with Gasteiger partial charge in [0.25, 0.3) is 0 Å². The second kappa shape index (κ2) is 5.26. The molecule has 3 aromatic carbocycles. The molecular weight excluding hydrogens is 326 g/mol. The van der Waals surface area contributed by atoms with Crippen LogP contribution in [0.4, 0.5) is 0 Å². The third-order valence-corrected chi connectivity index (χ3v) is 5.93. The molecule has 5 rings (SSSR count). The van der Waals surface area contributed by atoms with Gasteiger partial charge in [0.1, 0.15) is 0 Å². The van der Waals surface area contributed by atoms with E-state index in [-0.39, 0.29) is 0 Å². The van der Waals surface area contributed by atoms with Crippen LogP contribution in [-0.2, 0) is 0 Å². The summed E-state index contributed by atoms with van der Waals surface area (Å²) in [7, 11) is 1.75. The van der Waals surface area contributed by atoms with Crippen molar-refractivity contribution in [3.05, 3.63) is 60.7 Å². The van der Waals surface area contributed by atoms with Gasteiger partial charge in [0, 0.05) is 38.0 Å². The molecule has 0 atom stereocenters. The fourth-order valence-electron chi connectivity index (χ4n) is 3.69. The summed E-state index contributed by atoms with van der Waals surface area (Å²) < 4.78 is 4.72. The normalized spacial score (nSPS) is 12.6. The van der Waals surface area contributed by atoms with E-state index in [0.717, 1.165) is 11.0 Å². The molecule has 25 heavy (non-hydrogen) atoms. The summed E-state index contributed by atoms with van der Waals surface area (Å²) in [6.07, 6.45) is 0. The smallest absolute Gasteiger partial charge is 0.229 e. The third kappa shape index (κ3) is 1.86. The van der Waals surface area contributed by atoms with Gasteiger partial charge in [-0.3, -0.25) is 9.56 Å². The largest absolute Gasteiger partial charge is 0.278 e. The van der Waals surface area contributed by atoms with Gasteiger partial charge in [-0.05, 0) is 24.9 Å². The van der Waals surface area contributed by atoms with Gasteiger partial charge in [-0.1, -0.05) is 42.5 Å². The first-order valence-electron chi connectivity index (χ1n) is 8.11. The number of para-hydroxylation sites is 1. The van der Waals surface area contributed by atoms with Gasteiger partial charge in [-0.25, -0.2) is 4.99 Å². The Bertz CT molecular complexity index is 1320. The van der Waals surface area contributed by atoms with E-state index in [1.165, 1.54) is 30.9 Å². The molecule has 0 saturated heterocycles. The second-order valence-electron chi connectivity index (χ2n) is 5.97. The van der Waals surface area contributed by atoms with Crippen molar-refractivity contribution in [1.29, 1.82) is 0 Å². The lowest BCUT2D eigenvalue weighted by molar-refractivity contribution is 1.20. The average molecular weight is 341 g/mol. The summed E-state index contributed by atoms with van der Waals surface area (Å²) in [5, 5.41) is 5.10. The number of benzene rings is 3. The molecule has 2 aromatic heterocycles. The molecule has 4 heteroatoms. The predicted molar refractivity (Wildman–Crippen MR) is 111 cm³/mol. The Morgan fingerprint density at radius 3 is 2.44 bits per heavy atom. The Morgan fingerprint density at radius 2 is 1.64 bits per heavy atom. The molecule has 5 aromatic rings. The summed E-state index contributed by atoms with van der Waals surface area (Å²) in [4.78, 5) is 8.46. The molecule has 0 aliphatic heterocycles. The molecule has 0 aliphatic carbocycles. The van der Waals surface area contributed by atoms with E-state index in [1.54, 1.807) is 7.05 Å². The monoisotopic (exact) mass is 341 g/mol. The van der Waals surface area contributed by atoms with Gasteiger partial charge in [0.15, 0.2) is 0 Å². The van der Waals surface area contributed by atoms with Crippen LogP contribution in [-0.4, -0.2) is 24.3 Å². The fourth-order valence-corrected chi connectivity index (χ4v) is 4.95. The summed E-state index contributed by atoms with van der Waals surface area (Å²) in [6.45, 7) is 3.70. The van der Waals surface area contributed by atoms with Gasteiger partial charge in [0.05, 0.1) is 11.0 Å². The van der Waals surface area contributed by atoms with Crippen LogP contribution in [0.25, 0.3) is 42.0 Å². The molecule has 0 bridgehead atoms. The van der Waals surface area contributed by atoms with Crippen LogP contribution in [0.3, 0.4) is 0 Å². The lowest BCUT2D eigenvalue weighted by atomic mass is 10.1. The minimum atomic E-state index is 0.617. The first kappa shape index (κ1) is 14.4. The highest BCUT2D eigenvalue weighted by Crippen LogP contribution is 2.42. The number of rotatable bonds is 0. The number of fused-ring (bicyclic) bond motifs is 7. The third-order valence-electron chi connectivity index (χ3n) is 4.72. The molecule has 0 amide bonds. The van der Waals surface area contributed by atoms with E-state index >= 15 is 0 Å². The summed E-state index contributed by atoms with van der Waals surface area (Å²) in [6, 6.07) is 21.4. The van der Waals surface area contributed by atoms with Gasteiger partial charge in [-0.2, -0.15) is 0 Å². The van der Waals surface area contributed by atoms with Crippen molar-refractivity contribution in [3.8, 4) is 0 Å². The van der Waals surface area contributed by atoms with Crippen LogP contribution in [0.1, 0.15) is 0 Å². The highest BCUT2D eigenvalue weighted by atomic mass is 32.1. The topological polar surface area (TPSA) is 29.6 Å². The van der Waals surface area contributed by atoms with Gasteiger partial charge < -0.3 is 0 Å². The van der Waals surface area contributed by atoms with Crippen molar-refractivity contribution in [2.24, 2.45) is 9.98 Å². The molecule has 0 N–H and O–H groups in total. The maximum absolute atomic E-state index is 4.33. The molecule has 0 fully saturated rings. The van der Waals surface area contributed by atoms with Gasteiger partial charge in [0.2, 0.25) is 5.96 Å². The van der Waals surface area contributed by atoms with E-state index in [2.05, 4.69) is 81.9 Å². The van der Waals surface area contributed by atoms with Gasteiger partial charge >= 0.3 is 0 Å².